The summed E-state index contributed by atoms with van der Waals surface area (Å²) in [4.78, 5) is 24.0. The standard InChI is InChI=1S/C24H21ClN4O4S/c25-19-7-10-22-26-23(21-4-2-1-3-18(21)15-28(22)16-19)27-24(30)17-5-8-20(9-6-17)34(31,32)29-11-13-33-14-12-29/h1-10,16H,11-15H2. The Morgan fingerprint density at radius 3 is 2.53 bits per heavy atom. The smallest absolute Gasteiger partial charge is 0.279 e. The van der Waals surface area contributed by atoms with Crippen LogP contribution in [0.5, 0.6) is 0 Å². The van der Waals surface area contributed by atoms with Gasteiger partial charge in [0.2, 0.25) is 10.0 Å². The maximum Gasteiger partial charge on any atom is 0.279 e. The number of halogens is 1. The van der Waals surface area contributed by atoms with Gasteiger partial charge in [-0.2, -0.15) is 9.30 Å². The largest absolute Gasteiger partial charge is 0.379 e. The van der Waals surface area contributed by atoms with Crippen LogP contribution in [-0.2, 0) is 21.3 Å². The van der Waals surface area contributed by atoms with Crippen molar-refractivity contribution in [2.45, 2.75) is 11.4 Å². The predicted octanol–water partition coefficient (Wildman–Crippen LogP) is 3.16. The molecule has 0 atom stereocenters. The Morgan fingerprint density at radius 2 is 1.76 bits per heavy atom. The fraction of sp³-hybridized carbons (Fsp3) is 0.208. The quantitative estimate of drug-likeness (QED) is 0.651. The summed E-state index contributed by atoms with van der Waals surface area (Å²) < 4.78 is 32.3. The van der Waals surface area contributed by atoms with Crippen LogP contribution >= 0.6 is 11.6 Å². The van der Waals surface area contributed by atoms with E-state index in [-0.39, 0.29) is 10.5 Å². The highest BCUT2D eigenvalue weighted by molar-refractivity contribution is 7.89. The molecule has 3 aliphatic rings. The maximum absolute atomic E-state index is 13.0. The molecule has 0 aliphatic carbocycles. The van der Waals surface area contributed by atoms with Crippen LogP contribution in [0.2, 0.25) is 0 Å². The van der Waals surface area contributed by atoms with E-state index in [1.807, 2.05) is 29.2 Å². The molecule has 1 fully saturated rings. The van der Waals surface area contributed by atoms with Gasteiger partial charge in [-0.05, 0) is 42.0 Å². The van der Waals surface area contributed by atoms with Crippen molar-refractivity contribution in [3.8, 4) is 0 Å². The number of hydrogen-bond acceptors (Lipinski definition) is 5. The monoisotopic (exact) mass is 496 g/mol. The number of fused-ring (bicyclic) bond motifs is 2. The van der Waals surface area contributed by atoms with Crippen LogP contribution in [0.4, 0.5) is 0 Å². The third-order valence-electron chi connectivity index (χ3n) is 5.70. The first-order chi connectivity index (χ1) is 16.4. The molecule has 5 rings (SSSR count). The van der Waals surface area contributed by atoms with E-state index in [2.05, 4.69) is 9.98 Å². The molecule has 34 heavy (non-hydrogen) atoms. The zero-order valence-electron chi connectivity index (χ0n) is 18.1. The fourth-order valence-electron chi connectivity index (χ4n) is 3.92. The van der Waals surface area contributed by atoms with E-state index < -0.39 is 15.9 Å². The van der Waals surface area contributed by atoms with Gasteiger partial charge >= 0.3 is 0 Å². The lowest BCUT2D eigenvalue weighted by atomic mass is 10.1. The van der Waals surface area contributed by atoms with Crippen molar-refractivity contribution < 1.29 is 17.9 Å². The van der Waals surface area contributed by atoms with Gasteiger partial charge in [-0.3, -0.25) is 4.79 Å². The minimum absolute atomic E-state index is 0.130. The van der Waals surface area contributed by atoms with Gasteiger partial charge in [0.05, 0.1) is 23.1 Å². The van der Waals surface area contributed by atoms with E-state index in [1.54, 1.807) is 18.4 Å². The second-order valence-electron chi connectivity index (χ2n) is 7.88. The molecular formula is C24H21ClN4O4S. The zero-order valence-corrected chi connectivity index (χ0v) is 19.7. The molecule has 3 heterocycles. The molecule has 8 nitrogen and oxygen atoms in total. The number of amidine groups is 2. The number of benzene rings is 2. The molecule has 174 valence electrons. The lowest BCUT2D eigenvalue weighted by molar-refractivity contribution is 0.0730. The molecule has 2 aromatic rings. The summed E-state index contributed by atoms with van der Waals surface area (Å²) in [6.45, 7) is 1.89. The van der Waals surface area contributed by atoms with Crippen LogP contribution in [0, 0.1) is 0 Å². The number of allylic oxidation sites excluding steroid dienone is 2. The fourth-order valence-corrected chi connectivity index (χ4v) is 5.50. The number of ether oxygens (including phenoxy) is 1. The van der Waals surface area contributed by atoms with E-state index in [1.165, 1.54) is 28.6 Å². The number of hydrogen-bond donors (Lipinski definition) is 0. The summed E-state index contributed by atoms with van der Waals surface area (Å²) in [7, 11) is -3.64. The van der Waals surface area contributed by atoms with Gasteiger partial charge in [-0.25, -0.2) is 13.4 Å². The SMILES string of the molecule is O=C(N=C1N=C2C=CC(Cl)=CN2Cc2ccccc21)c1ccc(S(=O)(=O)N2CCOCC2)cc1. The summed E-state index contributed by atoms with van der Waals surface area (Å²) in [6.07, 6.45) is 5.30. The molecule has 0 N–H and O–H groups in total. The number of carbonyl (C=O) groups is 1. The van der Waals surface area contributed by atoms with Crippen molar-refractivity contribution in [1.82, 2.24) is 9.21 Å². The number of morpholine rings is 1. The van der Waals surface area contributed by atoms with E-state index in [0.29, 0.717) is 49.6 Å². The molecule has 0 radical (unpaired) electrons. The summed E-state index contributed by atoms with van der Waals surface area (Å²) in [6, 6.07) is 13.4. The second-order valence-corrected chi connectivity index (χ2v) is 10.3. The molecule has 10 heteroatoms. The van der Waals surface area contributed by atoms with Crippen molar-refractivity contribution in [2.75, 3.05) is 26.3 Å². The normalized spacial score (nSPS) is 19.7. The van der Waals surface area contributed by atoms with Crippen molar-refractivity contribution in [3.63, 3.8) is 0 Å². The summed E-state index contributed by atoms with van der Waals surface area (Å²) in [5.74, 6) is 0.407. The first kappa shape index (κ1) is 22.7. The molecule has 0 unspecified atom stereocenters. The third kappa shape index (κ3) is 4.47. The van der Waals surface area contributed by atoms with E-state index in [9.17, 15) is 13.2 Å². The van der Waals surface area contributed by atoms with Gasteiger partial charge in [0.25, 0.3) is 5.91 Å². The van der Waals surface area contributed by atoms with Gasteiger partial charge < -0.3 is 9.64 Å². The van der Waals surface area contributed by atoms with Crippen LogP contribution in [0.15, 0.2) is 86.8 Å². The van der Waals surface area contributed by atoms with Crippen molar-refractivity contribution in [2.24, 2.45) is 9.98 Å². The minimum Gasteiger partial charge on any atom is -0.379 e. The van der Waals surface area contributed by atoms with Crippen molar-refractivity contribution in [3.05, 3.63) is 88.6 Å². The van der Waals surface area contributed by atoms with E-state index >= 15 is 0 Å². The molecule has 0 spiro atoms. The van der Waals surface area contributed by atoms with E-state index in [4.69, 9.17) is 16.3 Å². The van der Waals surface area contributed by atoms with Gasteiger partial charge in [-0.1, -0.05) is 35.9 Å². The summed E-state index contributed by atoms with van der Waals surface area (Å²) in [5, 5.41) is 0.583. The Balaban J connectivity index is 1.46. The van der Waals surface area contributed by atoms with Gasteiger partial charge in [-0.15, -0.1) is 0 Å². The topological polar surface area (TPSA) is 91.6 Å². The average molecular weight is 497 g/mol. The Labute approximate surface area is 202 Å². The maximum atomic E-state index is 13.0. The molecule has 0 saturated carbocycles. The van der Waals surface area contributed by atoms with Crippen LogP contribution in [0.1, 0.15) is 21.5 Å². The first-order valence-electron chi connectivity index (χ1n) is 10.7. The van der Waals surface area contributed by atoms with Crippen molar-refractivity contribution >= 4 is 39.2 Å². The predicted molar refractivity (Wildman–Crippen MR) is 129 cm³/mol. The highest BCUT2D eigenvalue weighted by atomic mass is 35.5. The Morgan fingerprint density at radius 1 is 1.03 bits per heavy atom. The van der Waals surface area contributed by atoms with Crippen LogP contribution in [-0.4, -0.2) is 61.5 Å². The number of amides is 1. The number of aliphatic imine (C=N–C) groups is 2. The van der Waals surface area contributed by atoms with Gasteiger partial charge in [0.15, 0.2) is 5.84 Å². The average Bonchev–Trinajstić information content (AvgIpc) is 3.00. The minimum atomic E-state index is -3.64. The molecule has 1 amide bonds. The van der Waals surface area contributed by atoms with Crippen LogP contribution < -0.4 is 0 Å². The van der Waals surface area contributed by atoms with Gasteiger partial charge in [0.1, 0.15) is 5.84 Å². The highest BCUT2D eigenvalue weighted by Crippen LogP contribution is 2.24. The van der Waals surface area contributed by atoms with E-state index in [0.717, 1.165) is 11.1 Å². The number of nitrogens with zero attached hydrogens (tertiary/aromatic N) is 4. The number of sulfonamides is 1. The molecule has 3 aliphatic heterocycles. The lowest BCUT2D eigenvalue weighted by Gasteiger charge is -2.26. The van der Waals surface area contributed by atoms with Crippen molar-refractivity contribution in [1.29, 1.82) is 0 Å². The Bertz CT molecular complexity index is 1360. The molecular weight excluding hydrogens is 476 g/mol. The second kappa shape index (κ2) is 9.27. The number of rotatable bonds is 3. The van der Waals surface area contributed by atoms with Gasteiger partial charge in [0, 0.05) is 37.0 Å². The molecule has 1 saturated heterocycles. The molecule has 0 bridgehead atoms. The lowest BCUT2D eigenvalue weighted by Crippen LogP contribution is -2.40. The highest BCUT2D eigenvalue weighted by Gasteiger charge is 2.27. The third-order valence-corrected chi connectivity index (χ3v) is 7.84. The summed E-state index contributed by atoms with van der Waals surface area (Å²) >= 11 is 6.15. The number of carbonyl (C=O) groups excluding carboxylic acids is 1. The van der Waals surface area contributed by atoms with Crippen LogP contribution in [0.25, 0.3) is 0 Å². The molecule has 2 aromatic carbocycles. The van der Waals surface area contributed by atoms with Crippen LogP contribution in [0.3, 0.4) is 0 Å². The Hall–Kier alpha value is -3.11. The molecule has 0 aromatic heterocycles. The first-order valence-corrected chi connectivity index (χ1v) is 12.5. The zero-order chi connectivity index (χ0) is 23.7. The summed E-state index contributed by atoms with van der Waals surface area (Å²) in [5.41, 5.74) is 1.98. The Kier molecular flexibility index (Phi) is 6.18.